The molecule has 1 aromatic carbocycles. The van der Waals surface area contributed by atoms with Crippen LogP contribution >= 0.6 is 27.5 Å². The molecule has 3 nitrogen and oxygen atoms in total. The first-order valence-corrected chi connectivity index (χ1v) is 6.40. The van der Waals surface area contributed by atoms with Gasteiger partial charge in [0.05, 0.1) is 5.56 Å². The predicted molar refractivity (Wildman–Crippen MR) is 68.5 cm³/mol. The molecule has 0 fully saturated rings. The molecule has 88 valence electrons. The van der Waals surface area contributed by atoms with Crippen molar-refractivity contribution < 1.29 is 9.90 Å². The summed E-state index contributed by atoms with van der Waals surface area (Å²) >= 11 is 8.98. The van der Waals surface area contributed by atoms with Crippen LogP contribution in [0.3, 0.4) is 0 Å². The van der Waals surface area contributed by atoms with Crippen molar-refractivity contribution in [3.05, 3.63) is 28.8 Å². The van der Waals surface area contributed by atoms with Crippen LogP contribution in [0, 0.1) is 0 Å². The Bertz CT molecular complexity index is 384. The summed E-state index contributed by atoms with van der Waals surface area (Å²) in [4.78, 5) is 11.7. The van der Waals surface area contributed by atoms with Gasteiger partial charge in [0.2, 0.25) is 0 Å². The van der Waals surface area contributed by atoms with Gasteiger partial charge < -0.3 is 10.4 Å². The first-order valence-electron chi connectivity index (χ1n) is 4.90. The second kappa shape index (κ2) is 6.11. The van der Waals surface area contributed by atoms with Crippen molar-refractivity contribution in [3.63, 3.8) is 0 Å². The van der Waals surface area contributed by atoms with Crippen molar-refractivity contribution in [3.8, 4) is 5.75 Å². The van der Waals surface area contributed by atoms with Crippen LogP contribution in [0.25, 0.3) is 0 Å². The van der Waals surface area contributed by atoms with E-state index in [9.17, 15) is 9.90 Å². The molecule has 0 heterocycles. The summed E-state index contributed by atoms with van der Waals surface area (Å²) in [6, 6.07) is 4.49. The van der Waals surface area contributed by atoms with Gasteiger partial charge in [-0.2, -0.15) is 0 Å². The van der Waals surface area contributed by atoms with Gasteiger partial charge in [-0.05, 0) is 31.5 Å². The molecule has 2 N–H and O–H groups in total. The molecule has 1 aromatic rings. The van der Waals surface area contributed by atoms with Crippen molar-refractivity contribution in [2.75, 3.05) is 5.33 Å². The summed E-state index contributed by atoms with van der Waals surface area (Å²) in [6.45, 7) is 1.91. The summed E-state index contributed by atoms with van der Waals surface area (Å²) in [5.74, 6) is -0.390. The number of alkyl halides is 1. The molecule has 0 aliphatic rings. The lowest BCUT2D eigenvalue weighted by Crippen LogP contribution is -2.32. The fraction of sp³-hybridized carbons (Fsp3) is 0.364. The van der Waals surface area contributed by atoms with Gasteiger partial charge in [-0.25, -0.2) is 0 Å². The number of nitrogens with one attached hydrogen (secondary N) is 1. The maximum atomic E-state index is 11.7. The van der Waals surface area contributed by atoms with Crippen molar-refractivity contribution in [2.24, 2.45) is 0 Å². The van der Waals surface area contributed by atoms with Gasteiger partial charge in [0.1, 0.15) is 5.75 Å². The van der Waals surface area contributed by atoms with E-state index < -0.39 is 0 Å². The first kappa shape index (κ1) is 13.3. The number of carbonyl (C=O) groups is 1. The predicted octanol–water partition coefficient (Wildman–Crippen LogP) is 2.95. The van der Waals surface area contributed by atoms with Crippen LogP contribution in [0.5, 0.6) is 5.75 Å². The molecule has 1 unspecified atom stereocenters. The molecule has 0 aliphatic carbocycles. The van der Waals surface area contributed by atoms with Gasteiger partial charge in [-0.1, -0.05) is 27.5 Å². The molecule has 16 heavy (non-hydrogen) atoms. The molecule has 1 amide bonds. The van der Waals surface area contributed by atoms with Gasteiger partial charge in [0, 0.05) is 16.4 Å². The van der Waals surface area contributed by atoms with E-state index in [4.69, 9.17) is 11.6 Å². The SMILES string of the molecule is CC(CCBr)NC(=O)c1ccc(Cl)cc1O. The lowest BCUT2D eigenvalue weighted by molar-refractivity contribution is 0.0937. The standard InChI is InChI=1S/C11H13BrClNO2/c1-7(4-5-12)14-11(16)9-3-2-8(13)6-10(9)15/h2-3,6-7,15H,4-5H2,1H3,(H,14,16). The smallest absolute Gasteiger partial charge is 0.255 e. The average Bonchev–Trinajstić information content (AvgIpc) is 2.17. The van der Waals surface area contributed by atoms with Crippen LogP contribution in [-0.2, 0) is 0 Å². The van der Waals surface area contributed by atoms with E-state index in [-0.39, 0.29) is 23.3 Å². The maximum Gasteiger partial charge on any atom is 0.255 e. The second-order valence-corrected chi connectivity index (χ2v) is 4.74. The molecule has 0 aliphatic heterocycles. The van der Waals surface area contributed by atoms with Crippen LogP contribution in [0.1, 0.15) is 23.7 Å². The van der Waals surface area contributed by atoms with E-state index in [1.807, 2.05) is 6.92 Å². The number of phenols is 1. The minimum absolute atomic E-state index is 0.0574. The second-order valence-electron chi connectivity index (χ2n) is 3.51. The highest BCUT2D eigenvalue weighted by Gasteiger charge is 2.13. The number of benzene rings is 1. The van der Waals surface area contributed by atoms with Crippen molar-refractivity contribution >= 4 is 33.4 Å². The Hall–Kier alpha value is -0.740. The van der Waals surface area contributed by atoms with Crippen molar-refractivity contribution in [1.82, 2.24) is 5.32 Å². The third-order valence-electron chi connectivity index (χ3n) is 2.12. The molecule has 1 rings (SSSR count). The lowest BCUT2D eigenvalue weighted by Gasteiger charge is -2.13. The van der Waals surface area contributed by atoms with E-state index in [0.29, 0.717) is 5.02 Å². The maximum absolute atomic E-state index is 11.7. The molecular weight excluding hydrogens is 293 g/mol. The number of aromatic hydroxyl groups is 1. The van der Waals surface area contributed by atoms with Gasteiger partial charge in [0.25, 0.3) is 5.91 Å². The van der Waals surface area contributed by atoms with E-state index in [0.717, 1.165) is 11.8 Å². The summed E-state index contributed by atoms with van der Waals surface area (Å²) < 4.78 is 0. The first-order chi connectivity index (χ1) is 7.54. The highest BCUT2D eigenvalue weighted by atomic mass is 79.9. The normalized spacial score (nSPS) is 12.2. The Labute approximate surface area is 108 Å². The molecule has 0 bridgehead atoms. The van der Waals surface area contributed by atoms with Crippen LogP contribution in [0.15, 0.2) is 18.2 Å². The topological polar surface area (TPSA) is 49.3 Å². The van der Waals surface area contributed by atoms with E-state index in [2.05, 4.69) is 21.2 Å². The van der Waals surface area contributed by atoms with Crippen molar-refractivity contribution in [2.45, 2.75) is 19.4 Å². The zero-order valence-corrected chi connectivity index (χ0v) is 11.2. The molecule has 0 spiro atoms. The summed E-state index contributed by atoms with van der Waals surface area (Å²) in [6.07, 6.45) is 0.833. The number of rotatable bonds is 4. The Kier molecular flexibility index (Phi) is 5.09. The minimum Gasteiger partial charge on any atom is -0.507 e. The van der Waals surface area contributed by atoms with Gasteiger partial charge >= 0.3 is 0 Å². The molecular formula is C11H13BrClNO2. The highest BCUT2D eigenvalue weighted by Crippen LogP contribution is 2.21. The largest absolute Gasteiger partial charge is 0.507 e. The quantitative estimate of drug-likeness (QED) is 0.840. The Balaban J connectivity index is 2.73. The number of halogens is 2. The van der Waals surface area contributed by atoms with Gasteiger partial charge in [0.15, 0.2) is 0 Å². The molecule has 5 heteroatoms. The number of hydrogen-bond acceptors (Lipinski definition) is 2. The summed E-state index contributed by atoms with van der Waals surface area (Å²) in [5.41, 5.74) is 0.242. The molecule has 0 aromatic heterocycles. The molecule has 0 saturated heterocycles. The average molecular weight is 307 g/mol. The zero-order chi connectivity index (χ0) is 12.1. The molecule has 1 atom stereocenters. The monoisotopic (exact) mass is 305 g/mol. The number of phenolic OH excluding ortho intramolecular Hbond substituents is 1. The van der Waals surface area contributed by atoms with E-state index in [1.165, 1.54) is 12.1 Å². The minimum atomic E-state index is -0.289. The third kappa shape index (κ3) is 3.68. The fourth-order valence-corrected chi connectivity index (χ4v) is 2.09. The summed E-state index contributed by atoms with van der Waals surface area (Å²) in [5, 5.41) is 13.6. The van der Waals surface area contributed by atoms with Crippen LogP contribution in [-0.4, -0.2) is 22.4 Å². The van der Waals surface area contributed by atoms with Gasteiger partial charge in [-0.3, -0.25) is 4.79 Å². The van der Waals surface area contributed by atoms with Crippen molar-refractivity contribution in [1.29, 1.82) is 0 Å². The number of amides is 1. The molecule has 0 saturated carbocycles. The van der Waals surface area contributed by atoms with E-state index in [1.54, 1.807) is 6.07 Å². The Morgan fingerprint density at radius 1 is 1.62 bits per heavy atom. The van der Waals surface area contributed by atoms with Crippen LogP contribution in [0.2, 0.25) is 5.02 Å². The Morgan fingerprint density at radius 2 is 2.31 bits per heavy atom. The third-order valence-corrected chi connectivity index (χ3v) is 2.82. The number of carbonyl (C=O) groups excluding carboxylic acids is 1. The van der Waals surface area contributed by atoms with Crippen LogP contribution in [0.4, 0.5) is 0 Å². The van der Waals surface area contributed by atoms with E-state index >= 15 is 0 Å². The lowest BCUT2D eigenvalue weighted by atomic mass is 10.1. The highest BCUT2D eigenvalue weighted by molar-refractivity contribution is 9.09. The fourth-order valence-electron chi connectivity index (χ4n) is 1.23. The Morgan fingerprint density at radius 3 is 2.88 bits per heavy atom. The molecule has 0 radical (unpaired) electrons. The summed E-state index contributed by atoms with van der Waals surface area (Å²) in [7, 11) is 0. The van der Waals surface area contributed by atoms with Gasteiger partial charge in [-0.15, -0.1) is 0 Å². The van der Waals surface area contributed by atoms with Crippen LogP contribution < -0.4 is 5.32 Å². The zero-order valence-electron chi connectivity index (χ0n) is 8.84. The number of hydrogen-bond donors (Lipinski definition) is 2.